The van der Waals surface area contributed by atoms with Gasteiger partial charge in [-0.15, -0.1) is 0 Å². The maximum absolute atomic E-state index is 12.3. The highest BCUT2D eigenvalue weighted by Gasteiger charge is 2.49. The van der Waals surface area contributed by atoms with E-state index in [-0.39, 0.29) is 37.3 Å². The average molecular weight is 585 g/mol. The van der Waals surface area contributed by atoms with Gasteiger partial charge in [-0.25, -0.2) is 19.2 Å². The van der Waals surface area contributed by atoms with Crippen molar-refractivity contribution in [3.63, 3.8) is 0 Å². The summed E-state index contributed by atoms with van der Waals surface area (Å²) >= 11 is 0. The number of carbonyl (C=O) groups excluding carboxylic acids is 4. The predicted molar refractivity (Wildman–Crippen MR) is 129 cm³/mol. The van der Waals surface area contributed by atoms with Gasteiger partial charge in [0, 0.05) is 0 Å². The standard InChI is InChI=1S/C11H9F3O7S.C10H10O5.2CH4/c1-19-9(15)6-3-4-8(7(5-6)10(16)20-2)21-22(17,18)11(12,13)14;1-14-9(12)6-3-4-8(11)7(5-6)10(13)15-2;;/h3-5H,1-2H3;3-5,11H,1-2H3;2*1H4. The molecule has 0 saturated carbocycles. The molecule has 0 amide bonds. The number of halogens is 3. The van der Waals surface area contributed by atoms with Gasteiger partial charge >= 0.3 is 39.5 Å². The Kier molecular flexibility index (Phi) is 14.3. The highest BCUT2D eigenvalue weighted by molar-refractivity contribution is 7.88. The summed E-state index contributed by atoms with van der Waals surface area (Å²) in [6.07, 6.45) is 0. The molecule has 0 unspecified atom stereocenters. The number of ether oxygens (including phenoxy) is 4. The number of hydrogen-bond acceptors (Lipinski definition) is 12. The van der Waals surface area contributed by atoms with Crippen molar-refractivity contribution < 1.29 is 69.0 Å². The Hall–Kier alpha value is -4.34. The molecule has 0 aliphatic heterocycles. The first-order valence-corrected chi connectivity index (χ1v) is 10.8. The fourth-order valence-corrected chi connectivity index (χ4v) is 2.81. The average Bonchev–Trinajstić information content (AvgIpc) is 2.86. The Morgan fingerprint density at radius 2 is 1.08 bits per heavy atom. The van der Waals surface area contributed by atoms with Gasteiger partial charge in [-0.2, -0.15) is 21.6 Å². The molecule has 0 aliphatic carbocycles. The number of rotatable bonds is 6. The van der Waals surface area contributed by atoms with Gasteiger partial charge in [-0.1, -0.05) is 14.9 Å². The lowest BCUT2D eigenvalue weighted by Crippen LogP contribution is -2.28. The summed E-state index contributed by atoms with van der Waals surface area (Å²) in [6.45, 7) is 0. The summed E-state index contributed by atoms with van der Waals surface area (Å²) in [6, 6.07) is 6.24. The molecular formula is C23H27F3O12S. The molecule has 0 atom stereocenters. The maximum atomic E-state index is 12.3. The Bertz CT molecular complexity index is 1290. The lowest BCUT2D eigenvalue weighted by Gasteiger charge is -2.12. The zero-order valence-electron chi connectivity index (χ0n) is 19.4. The van der Waals surface area contributed by atoms with Crippen LogP contribution in [0.5, 0.6) is 11.5 Å². The molecule has 2 aromatic carbocycles. The van der Waals surface area contributed by atoms with Crippen molar-refractivity contribution in [1.82, 2.24) is 0 Å². The summed E-state index contributed by atoms with van der Waals surface area (Å²) in [5, 5.41) is 9.34. The monoisotopic (exact) mass is 584 g/mol. The van der Waals surface area contributed by atoms with Crippen LogP contribution >= 0.6 is 0 Å². The van der Waals surface area contributed by atoms with E-state index in [1.807, 2.05) is 0 Å². The molecule has 218 valence electrons. The zero-order valence-corrected chi connectivity index (χ0v) is 20.3. The minimum atomic E-state index is -5.98. The molecule has 16 heteroatoms. The molecule has 0 heterocycles. The molecule has 0 fully saturated rings. The van der Waals surface area contributed by atoms with Crippen LogP contribution in [0.4, 0.5) is 13.2 Å². The van der Waals surface area contributed by atoms with Crippen LogP contribution in [0.15, 0.2) is 36.4 Å². The number of alkyl halides is 3. The second-order valence-corrected chi connectivity index (χ2v) is 7.93. The molecule has 12 nitrogen and oxygen atoms in total. The topological polar surface area (TPSA) is 169 Å². The van der Waals surface area contributed by atoms with E-state index in [2.05, 4.69) is 23.1 Å². The van der Waals surface area contributed by atoms with Gasteiger partial charge in [0.15, 0.2) is 5.75 Å². The van der Waals surface area contributed by atoms with Gasteiger partial charge in [-0.3, -0.25) is 0 Å². The van der Waals surface area contributed by atoms with E-state index in [1.54, 1.807) is 0 Å². The fraction of sp³-hybridized carbons (Fsp3) is 0.304. The number of hydrogen-bond donors (Lipinski definition) is 1. The number of aromatic hydroxyl groups is 1. The summed E-state index contributed by atoms with van der Waals surface area (Å²) in [4.78, 5) is 45.1. The van der Waals surface area contributed by atoms with Crippen LogP contribution in [0.2, 0.25) is 0 Å². The maximum Gasteiger partial charge on any atom is 0.534 e. The second kappa shape index (κ2) is 15.2. The molecule has 0 saturated heterocycles. The molecule has 0 spiro atoms. The van der Waals surface area contributed by atoms with Gasteiger partial charge in [0.25, 0.3) is 0 Å². The summed E-state index contributed by atoms with van der Waals surface area (Å²) < 4.78 is 80.3. The quantitative estimate of drug-likeness (QED) is 0.226. The van der Waals surface area contributed by atoms with Crippen LogP contribution in [0.1, 0.15) is 56.3 Å². The van der Waals surface area contributed by atoms with Crippen LogP contribution in [0.3, 0.4) is 0 Å². The van der Waals surface area contributed by atoms with Crippen LogP contribution in [0.25, 0.3) is 0 Å². The van der Waals surface area contributed by atoms with Crippen molar-refractivity contribution in [2.24, 2.45) is 0 Å². The number of carbonyl (C=O) groups is 4. The number of benzene rings is 2. The predicted octanol–water partition coefficient (Wildman–Crippen LogP) is 3.73. The normalized spacial score (nSPS) is 10.2. The molecule has 2 aromatic rings. The Morgan fingerprint density at radius 1 is 0.692 bits per heavy atom. The van der Waals surface area contributed by atoms with E-state index in [0.717, 1.165) is 26.4 Å². The first-order valence-electron chi connectivity index (χ1n) is 9.44. The van der Waals surface area contributed by atoms with Gasteiger partial charge in [0.2, 0.25) is 0 Å². The lowest BCUT2D eigenvalue weighted by atomic mass is 10.1. The second-order valence-electron chi connectivity index (χ2n) is 6.39. The van der Waals surface area contributed by atoms with Crippen LogP contribution in [0, 0.1) is 0 Å². The first kappa shape index (κ1) is 36.8. The van der Waals surface area contributed by atoms with Gasteiger partial charge in [-0.05, 0) is 36.4 Å². The highest BCUT2D eigenvalue weighted by atomic mass is 32.2. The summed E-state index contributed by atoms with van der Waals surface area (Å²) in [5.41, 5.74) is -6.46. The molecule has 0 bridgehead atoms. The van der Waals surface area contributed by atoms with Crippen molar-refractivity contribution in [2.75, 3.05) is 28.4 Å². The lowest BCUT2D eigenvalue weighted by molar-refractivity contribution is -0.0500. The van der Waals surface area contributed by atoms with E-state index in [1.165, 1.54) is 32.4 Å². The molecule has 1 N–H and O–H groups in total. The number of phenols is 1. The number of methoxy groups -OCH3 is 4. The number of phenolic OH excluding ortho intramolecular Hbond substituents is 1. The van der Waals surface area contributed by atoms with Crippen LogP contribution in [-0.2, 0) is 29.1 Å². The Morgan fingerprint density at radius 3 is 1.49 bits per heavy atom. The van der Waals surface area contributed by atoms with E-state index in [0.29, 0.717) is 6.07 Å². The minimum absolute atomic E-state index is 0. The highest BCUT2D eigenvalue weighted by Crippen LogP contribution is 2.30. The third kappa shape index (κ3) is 9.48. The smallest absolute Gasteiger partial charge is 0.507 e. The van der Waals surface area contributed by atoms with E-state index >= 15 is 0 Å². The van der Waals surface area contributed by atoms with Crippen molar-refractivity contribution >= 4 is 34.0 Å². The van der Waals surface area contributed by atoms with Gasteiger partial charge in [0.05, 0.1) is 39.6 Å². The largest absolute Gasteiger partial charge is 0.534 e. The van der Waals surface area contributed by atoms with Crippen LogP contribution < -0.4 is 4.18 Å². The zero-order chi connectivity index (χ0) is 28.6. The van der Waals surface area contributed by atoms with E-state index in [4.69, 9.17) is 0 Å². The van der Waals surface area contributed by atoms with Crippen molar-refractivity contribution in [1.29, 1.82) is 0 Å². The molecule has 0 aromatic heterocycles. The number of esters is 4. The SMILES string of the molecule is C.C.COC(=O)c1ccc(O)c(C(=O)OC)c1.COC(=O)c1ccc(OS(=O)(=O)C(F)(F)F)c(C(=O)OC)c1. The van der Waals surface area contributed by atoms with Crippen LogP contribution in [-0.4, -0.2) is 71.3 Å². The molecule has 0 radical (unpaired) electrons. The van der Waals surface area contributed by atoms with E-state index < -0.39 is 50.8 Å². The van der Waals surface area contributed by atoms with Gasteiger partial charge in [0.1, 0.15) is 16.9 Å². The third-order valence-electron chi connectivity index (χ3n) is 4.11. The minimum Gasteiger partial charge on any atom is -0.507 e. The molecule has 0 aliphatic rings. The Balaban J connectivity index is 0. The van der Waals surface area contributed by atoms with E-state index in [9.17, 15) is 45.9 Å². The summed E-state index contributed by atoms with van der Waals surface area (Å²) in [5.74, 6) is -4.56. The molecule has 2 rings (SSSR count). The first-order chi connectivity index (χ1) is 17.1. The fourth-order valence-electron chi connectivity index (χ4n) is 2.34. The summed E-state index contributed by atoms with van der Waals surface area (Å²) in [7, 11) is -1.61. The van der Waals surface area contributed by atoms with Crippen molar-refractivity contribution in [3.8, 4) is 11.5 Å². The molecular weight excluding hydrogens is 557 g/mol. The third-order valence-corrected chi connectivity index (χ3v) is 5.08. The molecule has 39 heavy (non-hydrogen) atoms. The van der Waals surface area contributed by atoms with Gasteiger partial charge < -0.3 is 28.2 Å². The van der Waals surface area contributed by atoms with Crippen molar-refractivity contribution in [3.05, 3.63) is 58.7 Å². The van der Waals surface area contributed by atoms with Crippen molar-refractivity contribution in [2.45, 2.75) is 20.4 Å². The Labute approximate surface area is 222 Å².